The molecule has 14 N–H and O–H groups in total. The summed E-state index contributed by atoms with van der Waals surface area (Å²) in [6, 6.07) is 9.19. The highest BCUT2D eigenvalue weighted by molar-refractivity contribution is 5.99. The maximum absolute atomic E-state index is 13.2. The Hall–Kier alpha value is -9.34. The van der Waals surface area contributed by atoms with Crippen molar-refractivity contribution in [3.05, 3.63) is 104 Å². The fraction of sp³-hybridized carbons (Fsp3) is 0.483. The van der Waals surface area contributed by atoms with Gasteiger partial charge in [0.15, 0.2) is 22.3 Å². The predicted molar refractivity (Wildman–Crippen MR) is 331 cm³/mol. The van der Waals surface area contributed by atoms with E-state index < -0.39 is 83.1 Å². The lowest BCUT2D eigenvalue weighted by Crippen LogP contribution is -2.51. The number of rotatable bonds is 39. The number of nitrogens with zero attached hydrogens (tertiary/aromatic N) is 8. The number of hydrogen-bond donors (Lipinski definition) is 12. The van der Waals surface area contributed by atoms with E-state index in [1.54, 1.807) is 38.1 Å². The van der Waals surface area contributed by atoms with E-state index in [4.69, 9.17) is 30.4 Å². The van der Waals surface area contributed by atoms with Crippen molar-refractivity contribution in [1.29, 1.82) is 0 Å². The number of carbonyl (C=O) groups is 6. The van der Waals surface area contributed by atoms with Gasteiger partial charge >= 0.3 is 11.9 Å². The molecule has 0 saturated carbocycles. The normalized spacial score (nSPS) is 13.5. The molecule has 90 heavy (non-hydrogen) atoms. The van der Waals surface area contributed by atoms with Crippen molar-refractivity contribution in [2.75, 3.05) is 101 Å². The van der Waals surface area contributed by atoms with E-state index in [9.17, 15) is 48.6 Å². The summed E-state index contributed by atoms with van der Waals surface area (Å²) in [6.07, 6.45) is 3.29. The molecule has 0 spiro atoms. The van der Waals surface area contributed by atoms with E-state index in [1.807, 2.05) is 0 Å². The van der Waals surface area contributed by atoms with E-state index in [1.165, 1.54) is 50.5 Å². The molecular weight excluding hydrogens is 1170 g/mol. The van der Waals surface area contributed by atoms with E-state index in [2.05, 4.69) is 95.4 Å². The van der Waals surface area contributed by atoms with Crippen LogP contribution in [0.15, 0.2) is 70.5 Å². The van der Waals surface area contributed by atoms with Crippen molar-refractivity contribution in [2.45, 2.75) is 92.0 Å². The molecule has 0 bridgehead atoms. The summed E-state index contributed by atoms with van der Waals surface area (Å²) in [5, 5.41) is 36.4. The summed E-state index contributed by atoms with van der Waals surface area (Å²) in [5.74, 6) is -8.08. The van der Waals surface area contributed by atoms with Crippen LogP contribution in [0.25, 0.3) is 22.3 Å². The number of anilines is 4. The second-order valence-electron chi connectivity index (χ2n) is 20.9. The molecule has 6 unspecified atom stereocenters. The molecular formula is C58H80N18O14. The first kappa shape index (κ1) is 69.8. The van der Waals surface area contributed by atoms with Gasteiger partial charge in [-0.2, -0.15) is 9.97 Å². The molecule has 6 atom stereocenters. The summed E-state index contributed by atoms with van der Waals surface area (Å²) >= 11 is 0. The monoisotopic (exact) mass is 1250 g/mol. The highest BCUT2D eigenvalue weighted by Crippen LogP contribution is 2.16. The zero-order valence-electron chi connectivity index (χ0n) is 51.1. The fourth-order valence-electron chi connectivity index (χ4n) is 9.02. The van der Waals surface area contributed by atoms with Gasteiger partial charge in [0.2, 0.25) is 23.7 Å². The van der Waals surface area contributed by atoms with Crippen LogP contribution >= 0.6 is 0 Å². The number of nitrogen functional groups attached to an aromatic ring is 2. The smallest absolute Gasteiger partial charge is 0.327 e. The van der Waals surface area contributed by atoms with Crippen LogP contribution in [0.3, 0.4) is 0 Å². The number of nitrogens with one attached hydrogen (secondary N) is 8. The number of fused-ring (bicyclic) bond motifs is 2. The van der Waals surface area contributed by atoms with Crippen molar-refractivity contribution >= 4 is 81.2 Å². The van der Waals surface area contributed by atoms with E-state index in [0.29, 0.717) is 49.1 Å². The van der Waals surface area contributed by atoms with Crippen LogP contribution in [0.5, 0.6) is 0 Å². The van der Waals surface area contributed by atoms with Crippen LogP contribution in [-0.2, 0) is 51.2 Å². The fourth-order valence-corrected chi connectivity index (χ4v) is 9.02. The minimum Gasteiger partial charge on any atom is -0.480 e. The lowest BCUT2D eigenvalue weighted by molar-refractivity contribution is -0.144. The topological polar surface area (TPSA) is 454 Å². The predicted octanol–water partition coefficient (Wildman–Crippen LogP) is 0.881. The van der Waals surface area contributed by atoms with Crippen LogP contribution in [0.2, 0.25) is 0 Å². The lowest BCUT2D eigenvalue weighted by atomic mass is 10.0. The average Bonchev–Trinajstić information content (AvgIpc) is 1.03. The number of aliphatic carboxylic acids is 2. The number of amides is 4. The van der Waals surface area contributed by atoms with Crippen molar-refractivity contribution < 1.29 is 57.9 Å². The SMILES string of the molecule is CCCN(CCC)CCN(CCOCCOC(C)NC(=O)C(C)C(NC(=O)c1ccc(NCc2cnc3nc(N)[nH]c(=O)c3n2)cc1)C(=O)O)CCOCCOC(C)NC(=O)C(C)C(NC(=O)c1ccc(NCc2cnc3nc(N)[nH]c(=O)c3n2)cc1)C(=O)O. The van der Waals surface area contributed by atoms with Gasteiger partial charge in [0, 0.05) is 48.7 Å². The maximum Gasteiger partial charge on any atom is 0.327 e. The number of carbonyl (C=O) groups excluding carboxylic acids is 4. The number of aromatic amines is 2. The summed E-state index contributed by atoms with van der Waals surface area (Å²) in [5.41, 5.74) is 12.7. The number of carboxylic acids is 2. The highest BCUT2D eigenvalue weighted by atomic mass is 16.5. The first-order chi connectivity index (χ1) is 43.1. The Labute approximate surface area is 517 Å². The van der Waals surface area contributed by atoms with Gasteiger partial charge in [-0.05, 0) is 88.3 Å². The first-order valence-corrected chi connectivity index (χ1v) is 29.3. The third-order valence-corrected chi connectivity index (χ3v) is 13.9. The van der Waals surface area contributed by atoms with Crippen LogP contribution in [0.1, 0.15) is 86.5 Å². The second-order valence-corrected chi connectivity index (χ2v) is 20.9. The Bertz CT molecular complexity index is 3260. The Morgan fingerprint density at radius 3 is 1.27 bits per heavy atom. The molecule has 486 valence electrons. The number of ether oxygens (including phenoxy) is 4. The number of H-pyrrole nitrogens is 2. The average molecular weight is 1250 g/mol. The first-order valence-electron chi connectivity index (χ1n) is 29.3. The molecule has 32 heteroatoms. The van der Waals surface area contributed by atoms with Gasteiger partial charge < -0.3 is 77.4 Å². The second kappa shape index (κ2) is 35.0. The summed E-state index contributed by atoms with van der Waals surface area (Å²) in [4.78, 5) is 136. The van der Waals surface area contributed by atoms with Gasteiger partial charge in [-0.1, -0.05) is 27.7 Å². The summed E-state index contributed by atoms with van der Waals surface area (Å²) in [7, 11) is 0. The quantitative estimate of drug-likeness (QED) is 0.0188. The molecule has 4 aromatic heterocycles. The number of aromatic nitrogens is 8. The van der Waals surface area contributed by atoms with Gasteiger partial charge in [0.05, 0.1) is 88.3 Å². The van der Waals surface area contributed by atoms with Crippen molar-refractivity contribution in [3.63, 3.8) is 0 Å². The van der Waals surface area contributed by atoms with Crippen molar-refractivity contribution in [2.24, 2.45) is 11.8 Å². The van der Waals surface area contributed by atoms with Gasteiger partial charge in [0.25, 0.3) is 22.9 Å². The van der Waals surface area contributed by atoms with E-state index >= 15 is 0 Å². The molecule has 0 aliphatic carbocycles. The minimum absolute atomic E-state index is 0.0275. The Balaban J connectivity index is 0.859. The Morgan fingerprint density at radius 2 is 0.900 bits per heavy atom. The van der Waals surface area contributed by atoms with Gasteiger partial charge in [0.1, 0.15) is 24.5 Å². The summed E-state index contributed by atoms with van der Waals surface area (Å²) < 4.78 is 23.3. The largest absolute Gasteiger partial charge is 0.480 e. The standard InChI is InChI=1S/C58H80N18O14/c1-7-17-75(18-8-2)19-20-76(21-23-87-25-27-89-35(5)65-49(77)33(3)43(55(83)84)69-51(79)37-9-13-39(14-10-37)61-29-41-31-63-47-45(67-41)53(81)73-57(59)71-47)22-24-88-26-28-90-36(6)66-50(78)34(4)44(56(85)86)70-52(80)38-11-15-40(16-12-38)62-30-42-32-64-48-46(68-42)54(82)74-58(60)72-48/h9-16,31-36,43-44,61-62H,7-8,17-30H2,1-6H3,(H,65,77)(H,66,78)(H,69,79)(H,70,80)(H,83,84)(H,85,86)(H3,59,63,71,73,81)(H3,60,64,72,74,82). The third kappa shape index (κ3) is 21.8. The molecule has 0 aliphatic rings. The van der Waals surface area contributed by atoms with Crippen LogP contribution in [0.4, 0.5) is 23.3 Å². The molecule has 0 aliphatic heterocycles. The summed E-state index contributed by atoms with van der Waals surface area (Å²) in [6.45, 7) is 16.6. The van der Waals surface area contributed by atoms with Crippen LogP contribution in [-0.4, -0.2) is 199 Å². The number of hydrogen-bond acceptors (Lipinski definition) is 24. The Morgan fingerprint density at radius 1 is 0.522 bits per heavy atom. The Kier molecular flexibility index (Phi) is 27.1. The molecule has 6 aromatic rings. The lowest BCUT2D eigenvalue weighted by Gasteiger charge is -2.27. The zero-order chi connectivity index (χ0) is 65.3. The van der Waals surface area contributed by atoms with Crippen LogP contribution < -0.4 is 54.5 Å². The third-order valence-electron chi connectivity index (χ3n) is 13.9. The molecule has 2 aromatic carbocycles. The number of carboxylic acid groups (broad SMARTS) is 2. The maximum atomic E-state index is 13.2. The zero-order valence-corrected chi connectivity index (χ0v) is 51.1. The van der Waals surface area contributed by atoms with Gasteiger partial charge in [-0.25, -0.2) is 29.5 Å². The van der Waals surface area contributed by atoms with Crippen LogP contribution in [0, 0.1) is 11.8 Å². The molecule has 0 fully saturated rings. The molecule has 6 rings (SSSR count). The van der Waals surface area contributed by atoms with Gasteiger partial charge in [-0.3, -0.25) is 43.6 Å². The minimum atomic E-state index is -1.57. The molecule has 0 saturated heterocycles. The molecule has 32 nitrogen and oxygen atoms in total. The highest BCUT2D eigenvalue weighted by Gasteiger charge is 2.34. The molecule has 4 heterocycles. The van der Waals surface area contributed by atoms with E-state index in [0.717, 1.165) is 39.0 Å². The molecule has 4 amide bonds. The molecule has 0 radical (unpaired) electrons. The van der Waals surface area contributed by atoms with Crippen molar-refractivity contribution in [1.82, 2.24) is 70.9 Å². The van der Waals surface area contributed by atoms with Gasteiger partial charge in [-0.15, -0.1) is 0 Å². The van der Waals surface area contributed by atoms with Crippen molar-refractivity contribution in [3.8, 4) is 0 Å². The van der Waals surface area contributed by atoms with E-state index in [-0.39, 0.29) is 84.9 Å². The number of nitrogens with two attached hydrogens (primary N) is 2. The number of benzene rings is 2.